The van der Waals surface area contributed by atoms with E-state index in [-0.39, 0.29) is 23.5 Å². The van der Waals surface area contributed by atoms with Crippen molar-refractivity contribution in [2.75, 3.05) is 13.2 Å². The van der Waals surface area contributed by atoms with Gasteiger partial charge < -0.3 is 19.0 Å². The fraction of sp³-hybridized carbons (Fsp3) is 0.708. The van der Waals surface area contributed by atoms with E-state index in [1.54, 1.807) is 6.92 Å². The summed E-state index contributed by atoms with van der Waals surface area (Å²) in [5.74, 6) is -0.507. The fourth-order valence-corrected chi connectivity index (χ4v) is 4.68. The molecule has 1 N–H and O–H groups in total. The van der Waals surface area contributed by atoms with Crippen LogP contribution in [0.25, 0.3) is 0 Å². The Balaban J connectivity index is 3.18. The quantitative estimate of drug-likeness (QED) is 0.381. The lowest BCUT2D eigenvalue weighted by Crippen LogP contribution is -2.55. The first-order valence-corrected chi connectivity index (χ1v) is 13.8. The molecule has 5 nitrogen and oxygen atoms in total. The molecule has 1 aromatic carbocycles. The van der Waals surface area contributed by atoms with E-state index in [9.17, 15) is 9.90 Å². The second-order valence-electron chi connectivity index (χ2n) is 10.1. The smallest absolute Gasteiger partial charge is 0.314 e. The van der Waals surface area contributed by atoms with Crippen molar-refractivity contribution >= 4 is 14.3 Å². The summed E-state index contributed by atoms with van der Waals surface area (Å²) < 4.78 is 18.2. The van der Waals surface area contributed by atoms with Gasteiger partial charge in [0, 0.05) is 5.92 Å². The molecule has 0 radical (unpaired) electrons. The van der Waals surface area contributed by atoms with Gasteiger partial charge in [-0.2, -0.15) is 0 Å². The molecule has 0 aliphatic heterocycles. The average Bonchev–Trinajstić information content (AvgIpc) is 2.66. The monoisotopic (exact) mass is 438 g/mol. The molecule has 0 saturated carbocycles. The number of hydrogen-bond acceptors (Lipinski definition) is 5. The lowest BCUT2D eigenvalue weighted by Gasteiger charge is -2.46. The first-order chi connectivity index (χ1) is 13.8. The van der Waals surface area contributed by atoms with Crippen molar-refractivity contribution in [2.24, 2.45) is 11.3 Å². The molecule has 0 bridgehead atoms. The molecule has 0 heterocycles. The zero-order valence-corrected chi connectivity index (χ0v) is 21.3. The van der Waals surface area contributed by atoms with Crippen LogP contribution in [0, 0.1) is 11.3 Å². The normalized spacial score (nSPS) is 16.1. The highest BCUT2D eigenvalue weighted by Crippen LogP contribution is 2.42. The van der Waals surface area contributed by atoms with Gasteiger partial charge in [0.05, 0.1) is 37.4 Å². The van der Waals surface area contributed by atoms with Gasteiger partial charge in [0.1, 0.15) is 0 Å². The molecule has 1 rings (SSSR count). The number of carbonyl (C=O) groups excluding carboxylic acids is 1. The van der Waals surface area contributed by atoms with Crippen LogP contribution in [-0.4, -0.2) is 44.8 Å². The van der Waals surface area contributed by atoms with Crippen molar-refractivity contribution in [2.45, 2.75) is 85.4 Å². The highest BCUT2D eigenvalue weighted by Gasteiger charge is 2.49. The number of rotatable bonds is 11. The van der Waals surface area contributed by atoms with Gasteiger partial charge in [-0.05, 0) is 44.5 Å². The van der Waals surface area contributed by atoms with Crippen LogP contribution in [0.4, 0.5) is 0 Å². The number of carbonyl (C=O) groups is 1. The molecule has 0 amide bonds. The highest BCUT2D eigenvalue weighted by molar-refractivity contribution is 6.74. The van der Waals surface area contributed by atoms with Gasteiger partial charge in [-0.25, -0.2) is 0 Å². The van der Waals surface area contributed by atoms with Crippen molar-refractivity contribution in [1.29, 1.82) is 0 Å². The fourth-order valence-electron chi connectivity index (χ4n) is 3.18. The van der Waals surface area contributed by atoms with Gasteiger partial charge in [0.2, 0.25) is 0 Å². The van der Waals surface area contributed by atoms with E-state index in [4.69, 9.17) is 13.9 Å². The van der Waals surface area contributed by atoms with Crippen LogP contribution in [0.15, 0.2) is 30.3 Å². The lowest BCUT2D eigenvalue weighted by atomic mass is 9.78. The molecule has 1 aromatic rings. The summed E-state index contributed by atoms with van der Waals surface area (Å²) in [5, 5.41) is 10.1. The van der Waals surface area contributed by atoms with E-state index in [1.807, 2.05) is 51.1 Å². The van der Waals surface area contributed by atoms with Crippen LogP contribution >= 0.6 is 0 Å². The molecule has 0 aromatic heterocycles. The van der Waals surface area contributed by atoms with Gasteiger partial charge >= 0.3 is 5.97 Å². The van der Waals surface area contributed by atoms with Crippen molar-refractivity contribution in [3.8, 4) is 0 Å². The molecular weight excluding hydrogens is 396 g/mol. The van der Waals surface area contributed by atoms with Crippen LogP contribution < -0.4 is 0 Å². The van der Waals surface area contributed by atoms with Crippen molar-refractivity contribution in [3.05, 3.63) is 35.9 Å². The summed E-state index contributed by atoms with van der Waals surface area (Å²) in [4.78, 5) is 12.8. The Morgan fingerprint density at radius 3 is 2.13 bits per heavy atom. The van der Waals surface area contributed by atoms with Crippen LogP contribution in [0.2, 0.25) is 18.1 Å². The molecule has 0 spiro atoms. The van der Waals surface area contributed by atoms with Gasteiger partial charge in [0.15, 0.2) is 8.32 Å². The van der Waals surface area contributed by atoms with Gasteiger partial charge in [-0.1, -0.05) is 58.0 Å². The third-order valence-electron chi connectivity index (χ3n) is 6.29. The van der Waals surface area contributed by atoms with Gasteiger partial charge in [0.25, 0.3) is 0 Å². The Morgan fingerprint density at radius 2 is 1.67 bits per heavy atom. The Kier molecular flexibility index (Phi) is 9.74. The molecule has 0 unspecified atom stereocenters. The van der Waals surface area contributed by atoms with Crippen LogP contribution in [0.5, 0.6) is 0 Å². The Hall–Kier alpha value is -1.21. The molecule has 3 atom stereocenters. The largest absolute Gasteiger partial charge is 0.466 e. The van der Waals surface area contributed by atoms with E-state index in [2.05, 4.69) is 33.9 Å². The minimum Gasteiger partial charge on any atom is -0.466 e. The van der Waals surface area contributed by atoms with Crippen LogP contribution in [0.3, 0.4) is 0 Å². The molecule has 0 aliphatic carbocycles. The van der Waals surface area contributed by atoms with Gasteiger partial charge in [-0.3, -0.25) is 4.79 Å². The van der Waals surface area contributed by atoms with E-state index in [0.717, 1.165) is 5.56 Å². The molecule has 6 heteroatoms. The summed E-state index contributed by atoms with van der Waals surface area (Å²) in [7, 11) is -2.20. The summed E-state index contributed by atoms with van der Waals surface area (Å²) >= 11 is 0. The summed E-state index contributed by atoms with van der Waals surface area (Å²) in [6.07, 6.45) is -0.918. The summed E-state index contributed by atoms with van der Waals surface area (Å²) in [5.41, 5.74) is 0.156. The first kappa shape index (κ1) is 26.8. The zero-order chi connectivity index (χ0) is 23.2. The van der Waals surface area contributed by atoms with E-state index < -0.39 is 25.9 Å². The van der Waals surface area contributed by atoms with Crippen LogP contribution in [0.1, 0.15) is 54.0 Å². The number of hydrogen-bond donors (Lipinski definition) is 1. The Morgan fingerprint density at radius 1 is 1.10 bits per heavy atom. The molecule has 0 aliphatic rings. The molecule has 172 valence electrons. The van der Waals surface area contributed by atoms with Gasteiger partial charge in [-0.15, -0.1) is 0 Å². The van der Waals surface area contributed by atoms with E-state index in [0.29, 0.717) is 13.2 Å². The maximum atomic E-state index is 12.8. The number of ether oxygens (including phenoxy) is 2. The first-order valence-electron chi connectivity index (χ1n) is 10.9. The minimum atomic E-state index is -2.20. The lowest BCUT2D eigenvalue weighted by molar-refractivity contribution is -0.165. The van der Waals surface area contributed by atoms with Crippen molar-refractivity contribution < 1.29 is 23.8 Å². The standard InChI is InChI=1S/C24H42O5Si/c1-10-27-22(26)24(6,7)21(29-30(8,9)23(3,4)5)18(2)20(16-25)28-17-19-14-12-11-13-15-19/h11-15,18,20-21,25H,10,16-17H2,1-9H3/t18-,20+,21-/m1/s1. The number of aliphatic hydroxyl groups excluding tert-OH is 1. The summed E-state index contributed by atoms with van der Waals surface area (Å²) in [6, 6.07) is 9.86. The van der Waals surface area contributed by atoms with Crippen LogP contribution in [-0.2, 0) is 25.3 Å². The number of benzene rings is 1. The molecule has 0 saturated heterocycles. The third-order valence-corrected chi connectivity index (χ3v) is 10.7. The Labute approximate surface area is 184 Å². The zero-order valence-electron chi connectivity index (χ0n) is 20.3. The van der Waals surface area contributed by atoms with E-state index >= 15 is 0 Å². The maximum Gasteiger partial charge on any atom is 0.314 e. The molecule has 0 fully saturated rings. The predicted molar refractivity (Wildman–Crippen MR) is 124 cm³/mol. The maximum absolute atomic E-state index is 12.8. The third kappa shape index (κ3) is 6.91. The average molecular weight is 439 g/mol. The molecule has 30 heavy (non-hydrogen) atoms. The number of esters is 1. The second-order valence-corrected chi connectivity index (χ2v) is 14.9. The number of aliphatic hydroxyl groups is 1. The van der Waals surface area contributed by atoms with Crippen molar-refractivity contribution in [3.63, 3.8) is 0 Å². The van der Waals surface area contributed by atoms with E-state index in [1.165, 1.54) is 0 Å². The predicted octanol–water partition coefficient (Wildman–Crippen LogP) is 5.18. The second kappa shape index (κ2) is 10.9. The highest BCUT2D eigenvalue weighted by atomic mass is 28.4. The molecular formula is C24H42O5Si. The SMILES string of the molecule is CCOC(=O)C(C)(C)[C@H](O[Si](C)(C)C(C)(C)C)[C@H](C)[C@H](CO)OCc1ccccc1. The summed E-state index contributed by atoms with van der Waals surface area (Å²) in [6.45, 7) is 19.0. The van der Waals surface area contributed by atoms with Crippen molar-refractivity contribution in [1.82, 2.24) is 0 Å². The minimum absolute atomic E-state index is 0.0185. The topological polar surface area (TPSA) is 65.0 Å². The Bertz CT molecular complexity index is 651.